The van der Waals surface area contributed by atoms with E-state index in [4.69, 9.17) is 0 Å². The highest BCUT2D eigenvalue weighted by molar-refractivity contribution is 6.11. The second-order valence-electron chi connectivity index (χ2n) is 7.05. The molecule has 3 rings (SSSR count). The van der Waals surface area contributed by atoms with Crippen LogP contribution in [0, 0.1) is 5.41 Å². The van der Waals surface area contributed by atoms with Gasteiger partial charge in [-0.3, -0.25) is 19.4 Å². The van der Waals surface area contributed by atoms with Crippen molar-refractivity contribution in [1.29, 1.82) is 0 Å². The summed E-state index contributed by atoms with van der Waals surface area (Å²) in [5.74, 6) is -0.138. The van der Waals surface area contributed by atoms with Gasteiger partial charge in [-0.05, 0) is 37.4 Å². The summed E-state index contributed by atoms with van der Waals surface area (Å²) in [7, 11) is 0. The van der Waals surface area contributed by atoms with E-state index in [0.29, 0.717) is 5.69 Å². The standard InChI is InChI=1S/C17H23N3O2/c1-12(19-9-8-17(2,3)11-19)16(22)20-10-15(21)18-13-6-4-5-7-14(13)20/h4-7,12H,8-11H2,1-3H3,(H,18,21). The van der Waals surface area contributed by atoms with Crippen molar-refractivity contribution in [3.05, 3.63) is 24.3 Å². The fraction of sp³-hybridized carbons (Fsp3) is 0.529. The fourth-order valence-corrected chi connectivity index (χ4v) is 3.30. The Morgan fingerprint density at radius 3 is 2.73 bits per heavy atom. The summed E-state index contributed by atoms with van der Waals surface area (Å²) in [6.45, 7) is 8.35. The molecule has 0 radical (unpaired) electrons. The number of hydrogen-bond donors (Lipinski definition) is 1. The predicted octanol–water partition coefficient (Wildman–Crippen LogP) is 2.09. The monoisotopic (exact) mass is 301 g/mol. The maximum atomic E-state index is 12.9. The molecule has 1 saturated heterocycles. The van der Waals surface area contributed by atoms with Gasteiger partial charge in [0.15, 0.2) is 0 Å². The first-order valence-electron chi connectivity index (χ1n) is 7.82. The SMILES string of the molecule is CC(C(=O)N1CC(=O)Nc2ccccc21)N1CCC(C)(C)C1. The van der Waals surface area contributed by atoms with Crippen LogP contribution >= 0.6 is 0 Å². The lowest BCUT2D eigenvalue weighted by Gasteiger charge is -2.34. The third kappa shape index (κ3) is 2.73. The molecule has 1 atom stereocenters. The summed E-state index contributed by atoms with van der Waals surface area (Å²) in [4.78, 5) is 28.6. The van der Waals surface area contributed by atoms with Crippen LogP contribution in [-0.2, 0) is 9.59 Å². The van der Waals surface area contributed by atoms with Crippen molar-refractivity contribution in [3.63, 3.8) is 0 Å². The molecule has 1 aromatic rings. The van der Waals surface area contributed by atoms with E-state index in [1.165, 1.54) is 0 Å². The number of carbonyl (C=O) groups is 2. The van der Waals surface area contributed by atoms with Crippen molar-refractivity contribution in [1.82, 2.24) is 4.90 Å². The third-order valence-electron chi connectivity index (χ3n) is 4.65. The van der Waals surface area contributed by atoms with E-state index < -0.39 is 0 Å². The van der Waals surface area contributed by atoms with Gasteiger partial charge in [0, 0.05) is 6.54 Å². The summed E-state index contributed by atoms with van der Waals surface area (Å²) in [5, 5.41) is 2.82. The number of carbonyl (C=O) groups excluding carboxylic acids is 2. The van der Waals surface area contributed by atoms with Gasteiger partial charge in [-0.1, -0.05) is 26.0 Å². The molecule has 5 nitrogen and oxygen atoms in total. The molecule has 118 valence electrons. The van der Waals surface area contributed by atoms with Gasteiger partial charge in [0.2, 0.25) is 11.8 Å². The minimum absolute atomic E-state index is 0. The van der Waals surface area contributed by atoms with Gasteiger partial charge in [0.1, 0.15) is 6.54 Å². The molecule has 0 saturated carbocycles. The van der Waals surface area contributed by atoms with Gasteiger partial charge >= 0.3 is 0 Å². The normalized spacial score (nSPS) is 22.1. The predicted molar refractivity (Wildman–Crippen MR) is 86.9 cm³/mol. The van der Waals surface area contributed by atoms with Crippen LogP contribution in [0.3, 0.4) is 0 Å². The van der Waals surface area contributed by atoms with Crippen molar-refractivity contribution in [2.24, 2.45) is 5.41 Å². The largest absolute Gasteiger partial charge is 0.323 e. The van der Waals surface area contributed by atoms with Crippen LogP contribution in [0.4, 0.5) is 11.4 Å². The van der Waals surface area contributed by atoms with Crippen LogP contribution in [0.15, 0.2) is 24.3 Å². The van der Waals surface area contributed by atoms with Crippen LogP contribution < -0.4 is 10.2 Å². The van der Waals surface area contributed by atoms with E-state index in [2.05, 4.69) is 24.1 Å². The molecule has 0 spiro atoms. The Bertz CT molecular complexity index is 612. The van der Waals surface area contributed by atoms with Gasteiger partial charge in [0.05, 0.1) is 17.4 Å². The Balaban J connectivity index is 1.82. The molecule has 0 bridgehead atoms. The smallest absolute Gasteiger partial charge is 0.244 e. The Morgan fingerprint density at radius 1 is 1.32 bits per heavy atom. The summed E-state index contributed by atoms with van der Waals surface area (Å²) >= 11 is 0. The van der Waals surface area contributed by atoms with Crippen LogP contribution in [0.5, 0.6) is 0 Å². The number of hydrogen-bond acceptors (Lipinski definition) is 3. The van der Waals surface area contributed by atoms with Gasteiger partial charge in [-0.25, -0.2) is 0 Å². The number of nitrogens with zero attached hydrogens (tertiary/aromatic N) is 2. The second-order valence-corrected chi connectivity index (χ2v) is 7.05. The third-order valence-corrected chi connectivity index (χ3v) is 4.65. The summed E-state index contributed by atoms with van der Waals surface area (Å²) < 4.78 is 0. The van der Waals surface area contributed by atoms with Gasteiger partial charge in [-0.2, -0.15) is 0 Å². The highest BCUT2D eigenvalue weighted by Crippen LogP contribution is 2.33. The van der Waals surface area contributed by atoms with Gasteiger partial charge in [-0.15, -0.1) is 0 Å². The quantitative estimate of drug-likeness (QED) is 0.910. The molecule has 1 N–H and O–H groups in total. The average Bonchev–Trinajstić information content (AvgIpc) is 2.85. The Hall–Kier alpha value is -1.88. The van der Waals surface area contributed by atoms with Crippen molar-refractivity contribution in [2.45, 2.75) is 33.2 Å². The lowest BCUT2D eigenvalue weighted by Crippen LogP contribution is -2.51. The molecule has 1 unspecified atom stereocenters. The fourth-order valence-electron chi connectivity index (χ4n) is 3.30. The van der Waals surface area contributed by atoms with E-state index in [1.807, 2.05) is 31.2 Å². The number of likely N-dealkylation sites (tertiary alicyclic amines) is 1. The van der Waals surface area contributed by atoms with Crippen molar-refractivity contribution < 1.29 is 9.59 Å². The first-order chi connectivity index (χ1) is 10.4. The lowest BCUT2D eigenvalue weighted by molar-refractivity contribution is -0.125. The zero-order valence-electron chi connectivity index (χ0n) is 13.4. The average molecular weight is 301 g/mol. The molecule has 1 aromatic carbocycles. The molecule has 2 aliphatic rings. The first-order valence-corrected chi connectivity index (χ1v) is 7.82. The molecule has 22 heavy (non-hydrogen) atoms. The van der Waals surface area contributed by atoms with Crippen LogP contribution in [0.2, 0.25) is 0 Å². The van der Waals surface area contributed by atoms with E-state index in [1.54, 1.807) is 4.90 Å². The number of anilines is 2. The molecule has 2 aliphatic heterocycles. The summed E-state index contributed by atoms with van der Waals surface area (Å²) in [6.07, 6.45) is 1.10. The molecular weight excluding hydrogens is 278 g/mol. The molecule has 2 amide bonds. The zero-order valence-corrected chi connectivity index (χ0v) is 13.4. The van der Waals surface area contributed by atoms with E-state index >= 15 is 0 Å². The van der Waals surface area contributed by atoms with Gasteiger partial charge < -0.3 is 5.32 Å². The Kier molecular flexibility index (Phi) is 3.68. The van der Waals surface area contributed by atoms with Crippen LogP contribution in [0.1, 0.15) is 27.2 Å². The number of nitrogens with one attached hydrogen (secondary N) is 1. The summed E-state index contributed by atoms with van der Waals surface area (Å²) in [6, 6.07) is 7.25. The maximum absolute atomic E-state index is 12.9. The molecule has 2 heterocycles. The Morgan fingerprint density at radius 2 is 2.05 bits per heavy atom. The Labute approximate surface area is 131 Å². The number of amides is 2. The minimum atomic E-state index is -0.208. The lowest BCUT2D eigenvalue weighted by atomic mass is 9.93. The van der Waals surface area contributed by atoms with E-state index in [9.17, 15) is 9.59 Å². The number of rotatable bonds is 2. The molecule has 5 heteroatoms. The highest BCUT2D eigenvalue weighted by atomic mass is 16.2. The number of benzene rings is 1. The highest BCUT2D eigenvalue weighted by Gasteiger charge is 2.37. The molecular formula is C17H23N3O2. The first kappa shape index (κ1) is 15.0. The molecule has 1 fully saturated rings. The molecule has 0 aromatic heterocycles. The maximum Gasteiger partial charge on any atom is 0.244 e. The second kappa shape index (κ2) is 5.39. The zero-order chi connectivity index (χ0) is 15.9. The van der Waals surface area contributed by atoms with Crippen LogP contribution in [0.25, 0.3) is 0 Å². The summed E-state index contributed by atoms with van der Waals surface area (Å²) in [5.41, 5.74) is 1.75. The van der Waals surface area contributed by atoms with Gasteiger partial charge in [0.25, 0.3) is 0 Å². The van der Waals surface area contributed by atoms with E-state index in [0.717, 1.165) is 25.2 Å². The molecule has 0 aliphatic carbocycles. The van der Waals surface area contributed by atoms with Crippen molar-refractivity contribution in [3.8, 4) is 0 Å². The number of fused-ring (bicyclic) bond motifs is 1. The topological polar surface area (TPSA) is 52.7 Å². The van der Waals surface area contributed by atoms with Crippen LogP contribution in [-0.4, -0.2) is 42.4 Å². The van der Waals surface area contributed by atoms with Crippen molar-refractivity contribution in [2.75, 3.05) is 29.9 Å². The number of para-hydroxylation sites is 2. The van der Waals surface area contributed by atoms with E-state index in [-0.39, 0.29) is 29.8 Å². The van der Waals surface area contributed by atoms with Crippen molar-refractivity contribution >= 4 is 23.2 Å². The minimum Gasteiger partial charge on any atom is -0.323 e.